The van der Waals surface area contributed by atoms with Gasteiger partial charge in [0.25, 0.3) is 0 Å². The Kier molecular flexibility index (Phi) is 5.40. The van der Waals surface area contributed by atoms with Crippen LogP contribution in [0.25, 0.3) is 11.3 Å². The van der Waals surface area contributed by atoms with Gasteiger partial charge >= 0.3 is 0 Å². The van der Waals surface area contributed by atoms with Crippen molar-refractivity contribution in [2.24, 2.45) is 0 Å². The van der Waals surface area contributed by atoms with Crippen LogP contribution in [0.3, 0.4) is 0 Å². The van der Waals surface area contributed by atoms with Gasteiger partial charge in [0.2, 0.25) is 10.0 Å². The number of rotatable bonds is 6. The lowest BCUT2D eigenvalue weighted by atomic mass is 10.1. The zero-order chi connectivity index (χ0) is 19.7. The average Bonchev–Trinajstić information content (AvgIpc) is 3.42. The van der Waals surface area contributed by atoms with E-state index in [0.717, 1.165) is 47.4 Å². The molecule has 0 atom stereocenters. The summed E-state index contributed by atoms with van der Waals surface area (Å²) in [4.78, 5) is 1.41. The highest BCUT2D eigenvalue weighted by Crippen LogP contribution is 2.34. The molecule has 7 heteroatoms. The summed E-state index contributed by atoms with van der Waals surface area (Å²) in [6, 6.07) is 11.3. The van der Waals surface area contributed by atoms with Crippen molar-refractivity contribution in [2.75, 3.05) is 0 Å². The fourth-order valence-electron chi connectivity index (χ4n) is 3.82. The van der Waals surface area contributed by atoms with Crippen molar-refractivity contribution < 1.29 is 12.9 Å². The van der Waals surface area contributed by atoms with Gasteiger partial charge in [-0.25, -0.2) is 8.42 Å². The first-order chi connectivity index (χ1) is 13.4. The number of thiophene rings is 1. The van der Waals surface area contributed by atoms with Gasteiger partial charge in [-0.1, -0.05) is 36.2 Å². The van der Waals surface area contributed by atoms with Gasteiger partial charge < -0.3 is 4.52 Å². The van der Waals surface area contributed by atoms with E-state index in [4.69, 9.17) is 4.52 Å². The second-order valence-corrected chi connectivity index (χ2v) is 10.3. The van der Waals surface area contributed by atoms with E-state index in [1.807, 2.05) is 49.6 Å². The van der Waals surface area contributed by atoms with Gasteiger partial charge in [-0.05, 0) is 49.8 Å². The normalized spacial score (nSPS) is 15.5. The summed E-state index contributed by atoms with van der Waals surface area (Å²) in [6.07, 6.45) is 4.00. The molecule has 28 heavy (non-hydrogen) atoms. The van der Waals surface area contributed by atoms with Crippen LogP contribution in [0.5, 0.6) is 0 Å². The summed E-state index contributed by atoms with van der Waals surface area (Å²) in [5, 5.41) is 5.91. The summed E-state index contributed by atoms with van der Waals surface area (Å²) in [6.45, 7) is 4.12. The van der Waals surface area contributed by atoms with Gasteiger partial charge in [0.15, 0.2) is 5.76 Å². The second-order valence-electron chi connectivity index (χ2n) is 7.38. The maximum absolute atomic E-state index is 13.7. The number of benzene rings is 1. The minimum atomic E-state index is -3.64. The van der Waals surface area contributed by atoms with E-state index in [1.54, 1.807) is 21.7 Å². The lowest BCUT2D eigenvalue weighted by molar-refractivity contribution is 0.318. The van der Waals surface area contributed by atoms with Gasteiger partial charge in [-0.3, -0.25) is 0 Å². The van der Waals surface area contributed by atoms with E-state index in [9.17, 15) is 8.42 Å². The summed E-state index contributed by atoms with van der Waals surface area (Å²) in [7, 11) is -3.64. The molecular weight excluding hydrogens is 392 g/mol. The predicted molar refractivity (Wildman–Crippen MR) is 111 cm³/mol. The molecule has 4 rings (SSSR count). The largest absolute Gasteiger partial charge is 0.356 e. The van der Waals surface area contributed by atoms with Crippen LogP contribution in [0, 0.1) is 13.8 Å². The van der Waals surface area contributed by atoms with E-state index in [-0.39, 0.29) is 6.04 Å². The highest BCUT2D eigenvalue weighted by Gasteiger charge is 2.34. The zero-order valence-electron chi connectivity index (χ0n) is 16.1. The van der Waals surface area contributed by atoms with Crippen molar-refractivity contribution in [3.8, 4) is 11.3 Å². The van der Waals surface area contributed by atoms with Crippen LogP contribution in [-0.4, -0.2) is 23.9 Å². The Labute approximate surface area is 170 Å². The zero-order valence-corrected chi connectivity index (χ0v) is 17.7. The van der Waals surface area contributed by atoms with E-state index in [1.165, 1.54) is 0 Å². The van der Waals surface area contributed by atoms with Gasteiger partial charge in [-0.2, -0.15) is 4.31 Å². The molecule has 0 aliphatic heterocycles. The Morgan fingerprint density at radius 1 is 1.18 bits per heavy atom. The SMILES string of the molecule is Cc1cc(-c2ccc(C)c(S(=O)(=O)N(Cc3cccs3)C3CCCC3)c2)on1. The summed E-state index contributed by atoms with van der Waals surface area (Å²) < 4.78 is 34.5. The highest BCUT2D eigenvalue weighted by atomic mass is 32.2. The van der Waals surface area contributed by atoms with Crippen LogP contribution in [-0.2, 0) is 16.6 Å². The lowest BCUT2D eigenvalue weighted by Crippen LogP contribution is -2.38. The molecule has 0 saturated heterocycles. The first kappa shape index (κ1) is 19.4. The average molecular weight is 417 g/mol. The number of aryl methyl sites for hydroxylation is 2. The third-order valence-electron chi connectivity index (χ3n) is 5.31. The third-order valence-corrected chi connectivity index (χ3v) is 8.21. The van der Waals surface area contributed by atoms with Crippen LogP contribution in [0.1, 0.15) is 41.8 Å². The maximum atomic E-state index is 13.7. The van der Waals surface area contributed by atoms with E-state index in [0.29, 0.717) is 17.2 Å². The monoisotopic (exact) mass is 416 g/mol. The molecule has 148 valence electrons. The molecule has 1 aliphatic rings. The van der Waals surface area contributed by atoms with Crippen LogP contribution in [0.4, 0.5) is 0 Å². The van der Waals surface area contributed by atoms with E-state index >= 15 is 0 Å². The summed E-state index contributed by atoms with van der Waals surface area (Å²) >= 11 is 1.60. The first-order valence-electron chi connectivity index (χ1n) is 9.54. The van der Waals surface area contributed by atoms with Crippen molar-refractivity contribution >= 4 is 21.4 Å². The molecule has 1 saturated carbocycles. The number of sulfonamides is 1. The molecular formula is C21H24N2O3S2. The number of hydrogen-bond donors (Lipinski definition) is 0. The minimum Gasteiger partial charge on any atom is -0.356 e. The van der Waals surface area contributed by atoms with Crippen LogP contribution in [0.2, 0.25) is 0 Å². The second kappa shape index (κ2) is 7.81. The van der Waals surface area contributed by atoms with Crippen molar-refractivity contribution in [1.29, 1.82) is 0 Å². The molecule has 0 radical (unpaired) electrons. The topological polar surface area (TPSA) is 63.4 Å². The Bertz CT molecular complexity index is 1050. The van der Waals surface area contributed by atoms with Crippen LogP contribution < -0.4 is 0 Å². The highest BCUT2D eigenvalue weighted by molar-refractivity contribution is 7.89. The van der Waals surface area contributed by atoms with E-state index in [2.05, 4.69) is 5.16 Å². The Morgan fingerprint density at radius 2 is 1.96 bits per heavy atom. The van der Waals surface area contributed by atoms with Crippen molar-refractivity contribution in [3.05, 3.63) is 57.9 Å². The van der Waals surface area contributed by atoms with Gasteiger partial charge in [0, 0.05) is 29.1 Å². The van der Waals surface area contributed by atoms with Gasteiger partial charge in [0.05, 0.1) is 10.6 Å². The molecule has 0 spiro atoms. The molecule has 1 aliphatic carbocycles. The van der Waals surface area contributed by atoms with Crippen LogP contribution in [0.15, 0.2) is 51.2 Å². The minimum absolute atomic E-state index is 0.0580. The quantitative estimate of drug-likeness (QED) is 0.557. The molecule has 5 nitrogen and oxygen atoms in total. The fraction of sp³-hybridized carbons (Fsp3) is 0.381. The molecule has 1 fully saturated rings. The molecule has 1 aromatic carbocycles. The Hall–Kier alpha value is -1.96. The fourth-order valence-corrected chi connectivity index (χ4v) is 6.52. The number of hydrogen-bond acceptors (Lipinski definition) is 5. The first-order valence-corrected chi connectivity index (χ1v) is 11.9. The maximum Gasteiger partial charge on any atom is 0.243 e. The van der Waals surface area contributed by atoms with Crippen molar-refractivity contribution in [1.82, 2.24) is 9.46 Å². The van der Waals surface area contributed by atoms with Crippen LogP contribution >= 0.6 is 11.3 Å². The Balaban J connectivity index is 1.75. The summed E-state index contributed by atoms with van der Waals surface area (Å²) in [5.41, 5.74) is 2.24. The molecule has 0 bridgehead atoms. The predicted octanol–water partition coefficient (Wildman–Crippen LogP) is 5.15. The van der Waals surface area contributed by atoms with Gasteiger partial charge in [-0.15, -0.1) is 11.3 Å². The van der Waals surface area contributed by atoms with Crippen molar-refractivity contribution in [3.63, 3.8) is 0 Å². The molecule has 3 aromatic rings. The molecule has 0 amide bonds. The molecule has 2 aromatic heterocycles. The smallest absolute Gasteiger partial charge is 0.243 e. The third kappa shape index (κ3) is 3.79. The Morgan fingerprint density at radius 3 is 2.61 bits per heavy atom. The lowest BCUT2D eigenvalue weighted by Gasteiger charge is -2.28. The number of nitrogens with zero attached hydrogens (tertiary/aromatic N) is 2. The van der Waals surface area contributed by atoms with E-state index < -0.39 is 10.0 Å². The molecule has 2 heterocycles. The van der Waals surface area contributed by atoms with Gasteiger partial charge in [0.1, 0.15) is 0 Å². The summed E-state index contributed by atoms with van der Waals surface area (Å²) in [5.74, 6) is 0.583. The molecule has 0 unspecified atom stereocenters. The standard InChI is InChI=1S/C21H24N2O3S2/c1-15-9-10-17(20-12-16(2)22-26-20)13-21(15)28(24,25)23(18-6-3-4-7-18)14-19-8-5-11-27-19/h5,8-13,18H,3-4,6-7,14H2,1-2H3. The van der Waals surface area contributed by atoms with Crippen molar-refractivity contribution in [2.45, 2.75) is 57.0 Å². The number of aromatic nitrogens is 1. The molecule has 0 N–H and O–H groups in total.